The van der Waals surface area contributed by atoms with Crippen molar-refractivity contribution in [2.45, 2.75) is 25.2 Å². The van der Waals surface area contributed by atoms with Gasteiger partial charge in [-0.3, -0.25) is 4.72 Å². The average Bonchev–Trinajstić information content (AvgIpc) is 3.28. The van der Waals surface area contributed by atoms with E-state index in [0.29, 0.717) is 45.1 Å². The minimum atomic E-state index is -3.83. The zero-order chi connectivity index (χ0) is 19.6. The van der Waals surface area contributed by atoms with Gasteiger partial charge in [-0.2, -0.15) is 4.98 Å². The monoisotopic (exact) mass is 409 g/mol. The molecule has 8 nitrogen and oxygen atoms in total. The van der Waals surface area contributed by atoms with Crippen molar-refractivity contribution in [2.75, 3.05) is 18.9 Å². The molecule has 0 bridgehead atoms. The van der Waals surface area contributed by atoms with Gasteiger partial charge in [0, 0.05) is 17.4 Å². The number of methoxy groups -OCH3 is 2. The number of aryl methyl sites for hydroxylation is 2. The Labute approximate surface area is 161 Å². The molecule has 144 valence electrons. The van der Waals surface area contributed by atoms with Crippen LogP contribution in [0.4, 0.5) is 5.69 Å². The Morgan fingerprint density at radius 3 is 2.63 bits per heavy atom. The van der Waals surface area contributed by atoms with Gasteiger partial charge >= 0.3 is 0 Å². The molecule has 0 spiro atoms. The van der Waals surface area contributed by atoms with Crippen LogP contribution in [-0.2, 0) is 16.4 Å². The first-order valence-electron chi connectivity index (χ1n) is 8.06. The third kappa shape index (κ3) is 3.91. The zero-order valence-corrected chi connectivity index (χ0v) is 16.9. The molecule has 0 atom stereocenters. The van der Waals surface area contributed by atoms with Crippen molar-refractivity contribution >= 4 is 27.0 Å². The van der Waals surface area contributed by atoms with E-state index in [1.54, 1.807) is 31.2 Å². The molecule has 2 heterocycles. The van der Waals surface area contributed by atoms with Crippen LogP contribution in [0.2, 0.25) is 0 Å². The third-order valence-electron chi connectivity index (χ3n) is 3.81. The normalized spacial score (nSPS) is 11.4. The number of anilines is 1. The van der Waals surface area contributed by atoms with Crippen LogP contribution in [0.15, 0.2) is 33.7 Å². The number of rotatable bonds is 7. The lowest BCUT2D eigenvalue weighted by Crippen LogP contribution is -2.13. The second-order valence-electron chi connectivity index (χ2n) is 5.57. The quantitative estimate of drug-likeness (QED) is 0.637. The van der Waals surface area contributed by atoms with Gasteiger partial charge < -0.3 is 14.0 Å². The van der Waals surface area contributed by atoms with Crippen LogP contribution in [0.25, 0.3) is 10.7 Å². The fraction of sp³-hybridized carbons (Fsp3) is 0.294. The molecule has 10 heteroatoms. The van der Waals surface area contributed by atoms with Crippen molar-refractivity contribution < 1.29 is 22.4 Å². The van der Waals surface area contributed by atoms with Gasteiger partial charge in [0.25, 0.3) is 10.0 Å². The van der Waals surface area contributed by atoms with Gasteiger partial charge in [0.05, 0.1) is 24.8 Å². The second-order valence-corrected chi connectivity index (χ2v) is 8.48. The predicted molar refractivity (Wildman–Crippen MR) is 102 cm³/mol. The summed E-state index contributed by atoms with van der Waals surface area (Å²) in [6, 6.07) is 6.39. The molecule has 0 aliphatic rings. The van der Waals surface area contributed by atoms with Gasteiger partial charge in [-0.05, 0) is 25.1 Å². The number of sulfonamides is 1. The topological polar surface area (TPSA) is 104 Å². The molecule has 0 saturated heterocycles. The number of aromatic nitrogens is 2. The molecule has 1 N–H and O–H groups in total. The van der Waals surface area contributed by atoms with Crippen molar-refractivity contribution in [2.24, 2.45) is 0 Å². The SMILES string of the molecule is CCc1nc(-c2cc(S(=O)(=O)Nc3ccc(OC)cc3OC)c(C)s2)no1. The smallest absolute Gasteiger partial charge is 0.263 e. The van der Waals surface area contributed by atoms with Crippen molar-refractivity contribution in [3.05, 3.63) is 35.0 Å². The molecule has 3 rings (SSSR count). The molecular formula is C17H19N3O5S2. The average molecular weight is 409 g/mol. The minimum Gasteiger partial charge on any atom is -0.497 e. The summed E-state index contributed by atoms with van der Waals surface area (Å²) in [7, 11) is -0.844. The lowest BCUT2D eigenvalue weighted by molar-refractivity contribution is 0.383. The Hall–Kier alpha value is -2.59. The maximum absolute atomic E-state index is 12.9. The summed E-state index contributed by atoms with van der Waals surface area (Å²) in [4.78, 5) is 5.65. The van der Waals surface area contributed by atoms with Crippen molar-refractivity contribution in [1.82, 2.24) is 10.1 Å². The summed E-state index contributed by atoms with van der Waals surface area (Å²) >= 11 is 1.29. The highest BCUT2D eigenvalue weighted by Gasteiger charge is 2.23. The number of hydrogen-bond acceptors (Lipinski definition) is 8. The fourth-order valence-corrected chi connectivity index (χ4v) is 5.01. The molecule has 2 aromatic heterocycles. The van der Waals surface area contributed by atoms with E-state index in [2.05, 4.69) is 14.9 Å². The van der Waals surface area contributed by atoms with Crippen LogP contribution >= 0.6 is 11.3 Å². The van der Waals surface area contributed by atoms with Crippen LogP contribution in [0.3, 0.4) is 0 Å². The lowest BCUT2D eigenvalue weighted by atomic mass is 10.3. The predicted octanol–water partition coefficient (Wildman–Crippen LogP) is 3.49. The first kappa shape index (κ1) is 19.2. The van der Waals surface area contributed by atoms with Gasteiger partial charge in [0.1, 0.15) is 16.4 Å². The largest absolute Gasteiger partial charge is 0.497 e. The van der Waals surface area contributed by atoms with Crippen molar-refractivity contribution in [3.63, 3.8) is 0 Å². The molecule has 0 radical (unpaired) electrons. The molecule has 3 aromatic rings. The number of thiophene rings is 1. The van der Waals surface area contributed by atoms with Crippen LogP contribution in [-0.4, -0.2) is 32.8 Å². The highest BCUT2D eigenvalue weighted by molar-refractivity contribution is 7.93. The Balaban J connectivity index is 1.94. The molecule has 0 aliphatic carbocycles. The number of hydrogen-bond donors (Lipinski definition) is 1. The van der Waals surface area contributed by atoms with Crippen molar-refractivity contribution in [3.8, 4) is 22.2 Å². The molecular weight excluding hydrogens is 390 g/mol. The highest BCUT2D eigenvalue weighted by Crippen LogP contribution is 2.35. The van der Waals surface area contributed by atoms with E-state index in [9.17, 15) is 8.42 Å². The number of ether oxygens (including phenoxy) is 2. The van der Waals surface area contributed by atoms with Gasteiger partial charge in [-0.15, -0.1) is 11.3 Å². The molecule has 0 aliphatic heterocycles. The molecule has 0 amide bonds. The fourth-order valence-electron chi connectivity index (χ4n) is 2.42. The summed E-state index contributed by atoms with van der Waals surface area (Å²) in [6.45, 7) is 3.63. The first-order valence-corrected chi connectivity index (χ1v) is 10.4. The number of benzene rings is 1. The molecule has 1 aromatic carbocycles. The molecule has 27 heavy (non-hydrogen) atoms. The van der Waals surface area contributed by atoms with Gasteiger partial charge in [-0.25, -0.2) is 8.42 Å². The number of nitrogens with zero attached hydrogens (tertiary/aromatic N) is 2. The Kier molecular flexibility index (Phi) is 5.38. The van der Waals surface area contributed by atoms with Crippen LogP contribution in [0.5, 0.6) is 11.5 Å². The van der Waals surface area contributed by atoms with Crippen LogP contribution in [0, 0.1) is 6.92 Å². The lowest BCUT2D eigenvalue weighted by Gasteiger charge is -2.12. The summed E-state index contributed by atoms with van der Waals surface area (Å²) in [5.74, 6) is 1.80. The molecule has 0 unspecified atom stereocenters. The summed E-state index contributed by atoms with van der Waals surface area (Å²) in [6.07, 6.45) is 0.612. The Morgan fingerprint density at radius 1 is 1.22 bits per heavy atom. The van der Waals surface area contributed by atoms with E-state index in [4.69, 9.17) is 14.0 Å². The molecule has 0 saturated carbocycles. The summed E-state index contributed by atoms with van der Waals surface area (Å²) in [5, 5.41) is 3.90. The zero-order valence-electron chi connectivity index (χ0n) is 15.3. The summed E-state index contributed by atoms with van der Waals surface area (Å²) < 4.78 is 43.8. The summed E-state index contributed by atoms with van der Waals surface area (Å²) in [5.41, 5.74) is 0.318. The minimum absolute atomic E-state index is 0.156. The van der Waals surface area contributed by atoms with Gasteiger partial charge in [0.2, 0.25) is 11.7 Å². The van der Waals surface area contributed by atoms with E-state index in [-0.39, 0.29) is 4.90 Å². The second kappa shape index (κ2) is 7.57. The Bertz CT molecular complexity index is 1060. The standard InChI is InChI=1S/C17H19N3O5S2/c1-5-16-18-17(19-25-16)14-9-15(10(2)26-14)27(21,22)20-12-7-6-11(23-3)8-13(12)24-4/h6-9,20H,5H2,1-4H3. The van der Waals surface area contributed by atoms with E-state index < -0.39 is 10.0 Å². The maximum atomic E-state index is 12.9. The van der Waals surface area contributed by atoms with E-state index in [1.807, 2.05) is 6.92 Å². The van der Waals surface area contributed by atoms with Crippen LogP contribution in [0.1, 0.15) is 17.7 Å². The first-order chi connectivity index (χ1) is 12.9. The third-order valence-corrected chi connectivity index (χ3v) is 6.47. The van der Waals surface area contributed by atoms with E-state index in [1.165, 1.54) is 25.6 Å². The number of nitrogens with one attached hydrogen (secondary N) is 1. The highest BCUT2D eigenvalue weighted by atomic mass is 32.2. The van der Waals surface area contributed by atoms with E-state index in [0.717, 1.165) is 0 Å². The van der Waals surface area contributed by atoms with Crippen LogP contribution < -0.4 is 14.2 Å². The van der Waals surface area contributed by atoms with E-state index >= 15 is 0 Å². The molecule has 0 fully saturated rings. The Morgan fingerprint density at radius 2 is 2.00 bits per heavy atom. The van der Waals surface area contributed by atoms with Gasteiger partial charge in [-0.1, -0.05) is 12.1 Å². The maximum Gasteiger partial charge on any atom is 0.263 e. The van der Waals surface area contributed by atoms with Crippen molar-refractivity contribution in [1.29, 1.82) is 0 Å². The van der Waals surface area contributed by atoms with Gasteiger partial charge in [0.15, 0.2) is 0 Å².